The molecule has 0 radical (unpaired) electrons. The first-order valence-corrected chi connectivity index (χ1v) is 3.64. The highest BCUT2D eigenvalue weighted by molar-refractivity contribution is 7.80. The molecule has 0 fully saturated rings. The number of nitrogens with one attached hydrogen (secondary N) is 1. The third-order valence-electron chi connectivity index (χ3n) is 0.887. The van der Waals surface area contributed by atoms with Crippen molar-refractivity contribution in [2.45, 2.75) is 13.8 Å². The van der Waals surface area contributed by atoms with Crippen LogP contribution in [0.4, 0.5) is 0 Å². The van der Waals surface area contributed by atoms with E-state index in [9.17, 15) is 4.79 Å². The van der Waals surface area contributed by atoms with Crippen molar-refractivity contribution in [2.24, 2.45) is 5.73 Å². The Bertz CT molecular complexity index is 195. The third-order valence-corrected chi connectivity index (χ3v) is 1.03. The van der Waals surface area contributed by atoms with E-state index in [1.807, 2.05) is 13.8 Å². The zero-order valence-electron chi connectivity index (χ0n) is 6.68. The summed E-state index contributed by atoms with van der Waals surface area (Å²) in [5.41, 5.74) is 6.09. The first-order chi connectivity index (χ1) is 5.02. The summed E-state index contributed by atoms with van der Waals surface area (Å²) in [4.78, 5) is 10.9. The molecule has 0 aromatic carbocycles. The Morgan fingerprint density at radius 1 is 1.64 bits per heavy atom. The Kier molecular flexibility index (Phi) is 4.45. The molecule has 0 aromatic heterocycles. The molecule has 0 unspecified atom stereocenters. The molecule has 3 N–H and O–H groups in total. The van der Waals surface area contributed by atoms with Crippen molar-refractivity contribution in [3.8, 4) is 0 Å². The van der Waals surface area contributed by atoms with Crippen LogP contribution in [-0.2, 0) is 4.79 Å². The molecule has 3 nitrogen and oxygen atoms in total. The van der Waals surface area contributed by atoms with Crippen molar-refractivity contribution in [2.75, 3.05) is 6.54 Å². The van der Waals surface area contributed by atoms with Gasteiger partial charge in [-0.25, -0.2) is 0 Å². The number of nitrogens with two attached hydrogens (primary N) is 1. The summed E-state index contributed by atoms with van der Waals surface area (Å²) in [6.07, 6.45) is 1.55. The second-order valence-corrected chi connectivity index (χ2v) is 2.85. The number of rotatable bonds is 3. The maximum Gasteiger partial charge on any atom is 0.174 e. The van der Waals surface area contributed by atoms with Crippen LogP contribution in [0.2, 0.25) is 0 Å². The van der Waals surface area contributed by atoms with Crippen LogP contribution in [-0.4, -0.2) is 17.4 Å². The zero-order chi connectivity index (χ0) is 8.85. The molecule has 0 aliphatic heterocycles. The third kappa shape index (κ3) is 6.99. The van der Waals surface area contributed by atoms with E-state index in [0.29, 0.717) is 0 Å². The zero-order valence-corrected chi connectivity index (χ0v) is 7.49. The van der Waals surface area contributed by atoms with E-state index in [-0.39, 0.29) is 17.4 Å². The number of hydrogen-bond acceptors (Lipinski definition) is 2. The molecule has 4 heteroatoms. The van der Waals surface area contributed by atoms with Gasteiger partial charge in [-0.1, -0.05) is 5.57 Å². The van der Waals surface area contributed by atoms with Crippen molar-refractivity contribution >= 4 is 23.1 Å². The topological polar surface area (TPSA) is 55.1 Å². The van der Waals surface area contributed by atoms with Gasteiger partial charge in [0.2, 0.25) is 0 Å². The summed E-state index contributed by atoms with van der Waals surface area (Å²) in [5, 5.41) is 2.72. The lowest BCUT2D eigenvalue weighted by atomic mass is 10.2. The molecule has 0 heterocycles. The minimum Gasteiger partial charge on any atom is -0.376 e. The Morgan fingerprint density at radius 3 is 2.55 bits per heavy atom. The van der Waals surface area contributed by atoms with Gasteiger partial charge in [-0.05, 0) is 32.1 Å². The van der Waals surface area contributed by atoms with E-state index >= 15 is 0 Å². The molecular formula is C7H12N2OS. The van der Waals surface area contributed by atoms with Crippen LogP contribution in [0.25, 0.3) is 0 Å². The number of hydrogen-bond donors (Lipinski definition) is 2. The van der Waals surface area contributed by atoms with Gasteiger partial charge in [-0.15, -0.1) is 0 Å². The molecule has 62 valence electrons. The maximum absolute atomic E-state index is 10.9. The van der Waals surface area contributed by atoms with Gasteiger partial charge in [0, 0.05) is 0 Å². The average Bonchev–Trinajstić information content (AvgIpc) is 1.82. The Morgan fingerprint density at radius 2 is 2.18 bits per heavy atom. The molecule has 0 rings (SSSR count). The van der Waals surface area contributed by atoms with Crippen LogP contribution in [0.15, 0.2) is 11.6 Å². The lowest BCUT2D eigenvalue weighted by Crippen LogP contribution is -2.33. The first kappa shape index (κ1) is 10.1. The van der Waals surface area contributed by atoms with Gasteiger partial charge < -0.3 is 11.1 Å². The molecule has 0 spiro atoms. The highest BCUT2D eigenvalue weighted by Crippen LogP contribution is 1.87. The van der Waals surface area contributed by atoms with Crippen molar-refractivity contribution in [3.63, 3.8) is 0 Å². The second kappa shape index (κ2) is 4.85. The molecule has 0 bridgehead atoms. The van der Waals surface area contributed by atoms with E-state index in [1.54, 1.807) is 6.08 Å². The van der Waals surface area contributed by atoms with Crippen molar-refractivity contribution < 1.29 is 4.79 Å². The highest BCUT2D eigenvalue weighted by Gasteiger charge is 1.95. The van der Waals surface area contributed by atoms with Crippen LogP contribution in [0.3, 0.4) is 0 Å². The fourth-order valence-corrected chi connectivity index (χ4v) is 0.619. The van der Waals surface area contributed by atoms with Crippen molar-refractivity contribution in [1.29, 1.82) is 0 Å². The number of carbonyl (C=O) groups is 1. The van der Waals surface area contributed by atoms with E-state index < -0.39 is 0 Å². The standard InChI is InChI=1S/C7H12N2OS/c1-5(2)3-6(10)4-9-7(8)11/h3H,4H2,1-2H3,(H3,8,9,11). The van der Waals surface area contributed by atoms with E-state index in [2.05, 4.69) is 17.5 Å². The molecule has 0 atom stereocenters. The summed E-state index contributed by atoms with van der Waals surface area (Å²) in [5.74, 6) is -0.0159. The van der Waals surface area contributed by atoms with E-state index in [4.69, 9.17) is 5.73 Å². The Balaban J connectivity index is 3.71. The number of thiocarbonyl (C=S) groups is 1. The van der Waals surface area contributed by atoms with Crippen molar-refractivity contribution in [1.82, 2.24) is 5.32 Å². The lowest BCUT2D eigenvalue weighted by Gasteiger charge is -1.98. The Hall–Kier alpha value is -0.900. The minimum absolute atomic E-state index is 0.0159. The fourth-order valence-electron chi connectivity index (χ4n) is 0.547. The van der Waals surface area contributed by atoms with E-state index in [0.717, 1.165) is 5.57 Å². The molecule has 0 saturated heterocycles. The molecule has 0 amide bonds. The monoisotopic (exact) mass is 172 g/mol. The summed E-state index contributed by atoms with van der Waals surface area (Å²) >= 11 is 4.52. The van der Waals surface area contributed by atoms with Crippen molar-refractivity contribution in [3.05, 3.63) is 11.6 Å². The van der Waals surface area contributed by atoms with Crippen LogP contribution in [0.1, 0.15) is 13.8 Å². The number of ketones is 1. The van der Waals surface area contributed by atoms with Gasteiger partial charge in [0.1, 0.15) is 0 Å². The normalized spacial score (nSPS) is 8.55. The van der Waals surface area contributed by atoms with Crippen LogP contribution >= 0.6 is 12.2 Å². The lowest BCUT2D eigenvalue weighted by molar-refractivity contribution is -0.113. The predicted molar refractivity (Wildman–Crippen MR) is 49.2 cm³/mol. The summed E-state index contributed by atoms with van der Waals surface area (Å²) in [7, 11) is 0. The quantitative estimate of drug-likeness (QED) is 0.476. The van der Waals surface area contributed by atoms with Gasteiger partial charge in [0.05, 0.1) is 6.54 Å². The molecule has 0 saturated carbocycles. The highest BCUT2D eigenvalue weighted by atomic mass is 32.1. The van der Waals surface area contributed by atoms with Crippen LogP contribution in [0, 0.1) is 0 Å². The summed E-state index contributed by atoms with van der Waals surface area (Å²) in [6, 6.07) is 0. The Labute approximate surface area is 71.6 Å². The van der Waals surface area contributed by atoms with E-state index in [1.165, 1.54) is 0 Å². The number of allylic oxidation sites excluding steroid dienone is 1. The maximum atomic E-state index is 10.9. The first-order valence-electron chi connectivity index (χ1n) is 3.23. The molecule has 0 aliphatic rings. The largest absolute Gasteiger partial charge is 0.376 e. The predicted octanol–water partition coefficient (Wildman–Crippen LogP) is 0.355. The summed E-state index contributed by atoms with van der Waals surface area (Å²) < 4.78 is 0. The second-order valence-electron chi connectivity index (χ2n) is 2.41. The SMILES string of the molecule is CC(C)=CC(=O)CNC(N)=S. The van der Waals surface area contributed by atoms with Gasteiger partial charge in [0.15, 0.2) is 10.9 Å². The average molecular weight is 172 g/mol. The van der Waals surface area contributed by atoms with Crippen LogP contribution < -0.4 is 11.1 Å². The van der Waals surface area contributed by atoms with Crippen LogP contribution in [0.5, 0.6) is 0 Å². The van der Waals surface area contributed by atoms with Gasteiger partial charge in [0.25, 0.3) is 0 Å². The van der Waals surface area contributed by atoms with Gasteiger partial charge in [-0.2, -0.15) is 0 Å². The number of carbonyl (C=O) groups excluding carboxylic acids is 1. The van der Waals surface area contributed by atoms with Gasteiger partial charge >= 0.3 is 0 Å². The van der Waals surface area contributed by atoms with Gasteiger partial charge in [-0.3, -0.25) is 4.79 Å². The molecule has 0 aromatic rings. The molecular weight excluding hydrogens is 160 g/mol. The molecule has 11 heavy (non-hydrogen) atoms. The summed E-state index contributed by atoms with van der Waals surface area (Å²) in [6.45, 7) is 3.90. The fraction of sp³-hybridized carbons (Fsp3) is 0.429. The minimum atomic E-state index is -0.0159. The molecule has 0 aliphatic carbocycles. The smallest absolute Gasteiger partial charge is 0.174 e.